The lowest BCUT2D eigenvalue weighted by Gasteiger charge is -2.36. The molecule has 0 spiro atoms. The Morgan fingerprint density at radius 2 is 1.66 bits per heavy atom. The third kappa shape index (κ3) is 3.98. The molecule has 2 nitrogen and oxygen atoms in total. The van der Waals surface area contributed by atoms with Gasteiger partial charge in [-0.15, -0.1) is 0 Å². The van der Waals surface area contributed by atoms with Crippen molar-refractivity contribution in [1.29, 1.82) is 0 Å². The van der Waals surface area contributed by atoms with Gasteiger partial charge in [0.2, 0.25) is 0 Å². The maximum Gasteiger partial charge on any atom is 0.0972 e. The predicted molar refractivity (Wildman–Crippen MR) is 122 cm³/mol. The highest BCUT2D eigenvalue weighted by atomic mass is 32.1. The minimum atomic E-state index is -0.289. The van der Waals surface area contributed by atoms with E-state index >= 15 is 0 Å². The molecule has 3 heteroatoms. The Balaban J connectivity index is 1.74. The number of allylic oxidation sites excluding steroid dienone is 2. The quantitative estimate of drug-likeness (QED) is 0.438. The van der Waals surface area contributed by atoms with Gasteiger partial charge in [-0.25, -0.2) is 0 Å². The third-order valence-electron chi connectivity index (χ3n) is 5.89. The van der Waals surface area contributed by atoms with Crippen molar-refractivity contribution in [2.45, 2.75) is 37.2 Å². The van der Waals surface area contributed by atoms with Gasteiger partial charge in [0.05, 0.1) is 17.2 Å². The summed E-state index contributed by atoms with van der Waals surface area (Å²) in [5, 5.41) is 0. The Bertz CT molecular complexity index is 937. The largest absolute Gasteiger partial charge is 0.373 e. The average Bonchev–Trinajstić information content (AvgIpc) is 3.25. The second kappa shape index (κ2) is 8.89. The van der Waals surface area contributed by atoms with Gasteiger partial charge in [0.15, 0.2) is 0 Å². The second-order valence-corrected chi connectivity index (χ2v) is 8.36. The number of methoxy groups -OCH3 is 1. The Labute approximate surface area is 177 Å². The molecule has 0 N–H and O–H groups in total. The lowest BCUT2D eigenvalue weighted by molar-refractivity contribution is 0.00943. The Morgan fingerprint density at radius 1 is 1.00 bits per heavy atom. The highest BCUT2D eigenvalue weighted by molar-refractivity contribution is 7.05. The van der Waals surface area contributed by atoms with Crippen molar-refractivity contribution in [2.75, 3.05) is 7.11 Å². The SMILES string of the molecule is CCC(c1cc(C(c2ccccc2)c2ccccc2)ns1)C1(OC)C=CC=CC1. The van der Waals surface area contributed by atoms with Crippen molar-refractivity contribution in [3.8, 4) is 0 Å². The van der Waals surface area contributed by atoms with E-state index in [4.69, 9.17) is 9.11 Å². The zero-order valence-electron chi connectivity index (χ0n) is 17.0. The first-order valence-corrected chi connectivity index (χ1v) is 11.0. The van der Waals surface area contributed by atoms with Gasteiger partial charge in [-0.2, -0.15) is 4.37 Å². The highest BCUT2D eigenvalue weighted by Gasteiger charge is 2.38. The van der Waals surface area contributed by atoms with Crippen molar-refractivity contribution in [1.82, 2.24) is 4.37 Å². The molecule has 1 aliphatic carbocycles. The van der Waals surface area contributed by atoms with E-state index in [1.165, 1.54) is 16.0 Å². The number of hydrogen-bond acceptors (Lipinski definition) is 3. The molecule has 1 heterocycles. The highest BCUT2D eigenvalue weighted by Crippen LogP contribution is 2.43. The second-order valence-electron chi connectivity index (χ2n) is 7.52. The van der Waals surface area contributed by atoms with Gasteiger partial charge in [0.1, 0.15) is 0 Å². The van der Waals surface area contributed by atoms with Crippen LogP contribution >= 0.6 is 11.5 Å². The predicted octanol–water partition coefficient (Wildman–Crippen LogP) is 6.72. The van der Waals surface area contributed by atoms with Gasteiger partial charge in [0.25, 0.3) is 0 Å². The number of aromatic nitrogens is 1. The van der Waals surface area contributed by atoms with Gasteiger partial charge in [-0.3, -0.25) is 0 Å². The van der Waals surface area contributed by atoms with Crippen molar-refractivity contribution in [2.24, 2.45) is 0 Å². The van der Waals surface area contributed by atoms with Crippen LogP contribution in [0.5, 0.6) is 0 Å². The molecule has 0 saturated carbocycles. The molecule has 4 rings (SSSR count). The fourth-order valence-corrected chi connectivity index (χ4v) is 5.42. The molecular formula is C26H27NOS. The molecule has 1 aromatic heterocycles. The summed E-state index contributed by atoms with van der Waals surface area (Å²) in [6.45, 7) is 2.24. The van der Waals surface area contributed by atoms with Crippen molar-refractivity contribution in [3.05, 3.63) is 113 Å². The molecule has 0 aliphatic heterocycles. The van der Waals surface area contributed by atoms with Crippen LogP contribution in [0, 0.1) is 0 Å². The van der Waals surface area contributed by atoms with Crippen LogP contribution in [0.15, 0.2) is 91.0 Å². The van der Waals surface area contributed by atoms with Crippen LogP contribution in [0.4, 0.5) is 0 Å². The van der Waals surface area contributed by atoms with Crippen molar-refractivity contribution >= 4 is 11.5 Å². The molecule has 1 aliphatic rings. The van der Waals surface area contributed by atoms with E-state index in [0.717, 1.165) is 18.5 Å². The summed E-state index contributed by atoms with van der Waals surface area (Å²) in [4.78, 5) is 1.29. The molecule has 0 amide bonds. The van der Waals surface area contributed by atoms with E-state index < -0.39 is 0 Å². The Hall–Kier alpha value is -2.49. The summed E-state index contributed by atoms with van der Waals surface area (Å²) in [6.07, 6.45) is 10.5. The average molecular weight is 402 g/mol. The fraction of sp³-hybridized carbons (Fsp3) is 0.269. The summed E-state index contributed by atoms with van der Waals surface area (Å²) < 4.78 is 11.0. The number of benzene rings is 2. The molecule has 0 saturated heterocycles. The van der Waals surface area contributed by atoms with Crippen molar-refractivity contribution in [3.63, 3.8) is 0 Å². The minimum Gasteiger partial charge on any atom is -0.373 e. The van der Waals surface area contributed by atoms with E-state index in [2.05, 4.69) is 98.0 Å². The monoisotopic (exact) mass is 401 g/mol. The molecule has 2 unspecified atom stereocenters. The number of nitrogens with zero attached hydrogens (tertiary/aromatic N) is 1. The van der Waals surface area contributed by atoms with Crippen LogP contribution < -0.4 is 0 Å². The zero-order chi connectivity index (χ0) is 20.1. The first kappa shape index (κ1) is 19.8. The molecule has 2 atom stereocenters. The fourth-order valence-electron chi connectivity index (χ4n) is 4.39. The van der Waals surface area contributed by atoms with E-state index in [-0.39, 0.29) is 17.4 Å². The third-order valence-corrected chi connectivity index (χ3v) is 6.81. The summed E-state index contributed by atoms with van der Waals surface area (Å²) >= 11 is 1.62. The molecule has 29 heavy (non-hydrogen) atoms. The molecule has 2 aromatic carbocycles. The summed E-state index contributed by atoms with van der Waals surface area (Å²) in [7, 11) is 1.82. The van der Waals surface area contributed by atoms with Crippen LogP contribution in [-0.2, 0) is 4.74 Å². The van der Waals surface area contributed by atoms with Crippen LogP contribution in [0.3, 0.4) is 0 Å². The van der Waals surface area contributed by atoms with Crippen LogP contribution in [0.25, 0.3) is 0 Å². The molecule has 0 fully saturated rings. The van der Waals surface area contributed by atoms with Gasteiger partial charge >= 0.3 is 0 Å². The summed E-state index contributed by atoms with van der Waals surface area (Å²) in [5.74, 6) is 0.423. The van der Waals surface area contributed by atoms with Gasteiger partial charge in [0, 0.05) is 17.9 Å². The molecule has 0 bridgehead atoms. The van der Waals surface area contributed by atoms with Crippen LogP contribution in [0.2, 0.25) is 0 Å². The molecule has 3 aromatic rings. The molecule has 148 valence electrons. The number of hydrogen-bond donors (Lipinski definition) is 0. The van der Waals surface area contributed by atoms with Crippen molar-refractivity contribution < 1.29 is 4.74 Å². The Morgan fingerprint density at radius 3 is 2.17 bits per heavy atom. The van der Waals surface area contributed by atoms with E-state index in [0.29, 0.717) is 0 Å². The summed E-state index contributed by atoms with van der Waals surface area (Å²) in [5.41, 5.74) is 3.36. The molecular weight excluding hydrogens is 374 g/mol. The van der Waals surface area contributed by atoms with Crippen LogP contribution in [-0.4, -0.2) is 17.1 Å². The van der Waals surface area contributed by atoms with Gasteiger partial charge < -0.3 is 4.74 Å². The summed E-state index contributed by atoms with van der Waals surface area (Å²) in [6, 6.07) is 23.6. The maximum atomic E-state index is 6.07. The van der Waals surface area contributed by atoms with E-state index in [1.54, 1.807) is 11.5 Å². The Kier molecular flexibility index (Phi) is 6.08. The minimum absolute atomic E-state index is 0.139. The first-order valence-electron chi connectivity index (χ1n) is 10.2. The zero-order valence-corrected chi connectivity index (χ0v) is 17.8. The van der Waals surface area contributed by atoms with Crippen LogP contribution in [0.1, 0.15) is 53.3 Å². The maximum absolute atomic E-state index is 6.07. The standard InChI is InChI=1S/C26H27NOS/c1-3-22(26(28-2)17-11-6-12-18-26)24-19-23(27-29-24)25(20-13-7-4-8-14-20)21-15-9-5-10-16-21/h4-17,19,22,25H,3,18H2,1-2H3. The van der Waals surface area contributed by atoms with E-state index in [1.807, 2.05) is 7.11 Å². The van der Waals surface area contributed by atoms with E-state index in [9.17, 15) is 0 Å². The lowest BCUT2D eigenvalue weighted by atomic mass is 9.79. The first-order chi connectivity index (χ1) is 14.3. The number of ether oxygens (including phenoxy) is 1. The topological polar surface area (TPSA) is 22.1 Å². The van der Waals surface area contributed by atoms with Gasteiger partial charge in [-0.05, 0) is 41.6 Å². The van der Waals surface area contributed by atoms with Gasteiger partial charge in [-0.1, -0.05) is 91.9 Å². The molecule has 0 radical (unpaired) electrons. The smallest absolute Gasteiger partial charge is 0.0972 e. The number of rotatable bonds is 7. The lowest BCUT2D eigenvalue weighted by Crippen LogP contribution is -2.36. The normalized spacial score (nSPS) is 19.6.